The number of aromatic nitrogens is 2. The van der Waals surface area contributed by atoms with Gasteiger partial charge in [-0.2, -0.15) is 13.2 Å². The molecule has 0 radical (unpaired) electrons. The Labute approximate surface area is 151 Å². The van der Waals surface area contributed by atoms with Crippen LogP contribution in [0.5, 0.6) is 0 Å². The van der Waals surface area contributed by atoms with Gasteiger partial charge in [0.1, 0.15) is 6.54 Å². The minimum absolute atomic E-state index is 0.232. The van der Waals surface area contributed by atoms with Crippen LogP contribution in [0.2, 0.25) is 0 Å². The normalized spacial score (nSPS) is 17.2. The third-order valence-electron chi connectivity index (χ3n) is 4.36. The second-order valence-corrected chi connectivity index (χ2v) is 7.19. The number of likely N-dealkylation sites (tertiary alicyclic amines) is 1. The first-order valence-corrected chi connectivity index (χ1v) is 8.73. The summed E-state index contributed by atoms with van der Waals surface area (Å²) in [5.41, 5.74) is 1.41. The van der Waals surface area contributed by atoms with Crippen LogP contribution in [0.15, 0.2) is 16.6 Å². The number of halogens is 4. The van der Waals surface area contributed by atoms with E-state index in [4.69, 9.17) is 0 Å². The van der Waals surface area contributed by atoms with Crippen LogP contribution in [-0.4, -0.2) is 53.1 Å². The SMILES string of the molecule is CN1CCC(Nc2cc(Br)c3c(c2)nc(C=O)n3CC(F)(F)F)CC1. The van der Waals surface area contributed by atoms with Crippen LogP contribution in [0.1, 0.15) is 23.5 Å². The molecule has 1 aromatic heterocycles. The second kappa shape index (κ2) is 6.95. The van der Waals surface area contributed by atoms with Gasteiger partial charge in [0.25, 0.3) is 0 Å². The Hall–Kier alpha value is -1.61. The molecule has 2 aromatic rings. The van der Waals surface area contributed by atoms with Gasteiger partial charge in [0.2, 0.25) is 0 Å². The standard InChI is InChI=1S/C16H18BrF3N4O/c1-23-4-2-10(3-5-23)21-11-6-12(17)15-13(7-11)22-14(8-25)24(15)9-16(18,19)20/h6-8,10,21H,2-5,9H2,1H3. The maximum Gasteiger partial charge on any atom is 0.406 e. The number of fused-ring (bicyclic) bond motifs is 1. The molecular formula is C16H18BrF3N4O. The Kier molecular flexibility index (Phi) is 5.06. The highest BCUT2D eigenvalue weighted by Crippen LogP contribution is 2.32. The Morgan fingerprint density at radius 3 is 2.64 bits per heavy atom. The van der Waals surface area contributed by atoms with Crippen LogP contribution in [0, 0.1) is 0 Å². The van der Waals surface area contributed by atoms with Crippen molar-refractivity contribution in [3.05, 3.63) is 22.4 Å². The summed E-state index contributed by atoms with van der Waals surface area (Å²) in [5, 5.41) is 3.41. The van der Waals surface area contributed by atoms with Gasteiger partial charge in [0.15, 0.2) is 12.1 Å². The second-order valence-electron chi connectivity index (χ2n) is 6.34. The Morgan fingerprint density at radius 2 is 2.04 bits per heavy atom. The lowest BCUT2D eigenvalue weighted by molar-refractivity contribution is -0.140. The lowest BCUT2D eigenvalue weighted by Gasteiger charge is -2.30. The largest absolute Gasteiger partial charge is 0.406 e. The lowest BCUT2D eigenvalue weighted by atomic mass is 10.1. The van der Waals surface area contributed by atoms with E-state index in [2.05, 4.69) is 38.2 Å². The molecule has 1 fully saturated rings. The molecule has 0 bridgehead atoms. The highest BCUT2D eigenvalue weighted by atomic mass is 79.9. The Morgan fingerprint density at radius 1 is 1.36 bits per heavy atom. The summed E-state index contributed by atoms with van der Waals surface area (Å²) < 4.78 is 39.8. The minimum Gasteiger partial charge on any atom is -0.382 e. The molecule has 1 aliphatic heterocycles. The monoisotopic (exact) mass is 418 g/mol. The van der Waals surface area contributed by atoms with Crippen molar-refractivity contribution in [2.45, 2.75) is 31.6 Å². The van der Waals surface area contributed by atoms with Gasteiger partial charge in [-0.1, -0.05) is 0 Å². The van der Waals surface area contributed by atoms with Crippen molar-refractivity contribution in [1.82, 2.24) is 14.5 Å². The number of nitrogens with zero attached hydrogens (tertiary/aromatic N) is 3. The first-order chi connectivity index (χ1) is 11.8. The Bertz CT molecular complexity index is 782. The van der Waals surface area contributed by atoms with E-state index in [1.807, 2.05) is 0 Å². The topological polar surface area (TPSA) is 50.2 Å². The van der Waals surface area contributed by atoms with Crippen molar-refractivity contribution in [2.24, 2.45) is 0 Å². The van der Waals surface area contributed by atoms with Gasteiger partial charge in [0, 0.05) is 16.2 Å². The van der Waals surface area contributed by atoms with Crippen LogP contribution < -0.4 is 5.32 Å². The van der Waals surface area contributed by atoms with Crippen molar-refractivity contribution >= 4 is 38.9 Å². The lowest BCUT2D eigenvalue weighted by Crippen LogP contribution is -2.36. The van der Waals surface area contributed by atoms with E-state index in [1.54, 1.807) is 12.1 Å². The van der Waals surface area contributed by atoms with Crippen LogP contribution >= 0.6 is 15.9 Å². The molecule has 0 saturated carbocycles. The van der Waals surface area contributed by atoms with E-state index in [-0.39, 0.29) is 11.3 Å². The Balaban J connectivity index is 1.93. The number of carbonyl (C=O) groups excluding carboxylic acids is 1. The van der Waals surface area contributed by atoms with E-state index in [0.717, 1.165) is 36.2 Å². The van der Waals surface area contributed by atoms with E-state index in [1.165, 1.54) is 0 Å². The smallest absolute Gasteiger partial charge is 0.382 e. The highest BCUT2D eigenvalue weighted by Gasteiger charge is 2.31. The fourth-order valence-corrected chi connectivity index (χ4v) is 3.80. The molecule has 0 atom stereocenters. The molecule has 1 saturated heterocycles. The molecule has 2 heterocycles. The minimum atomic E-state index is -4.43. The molecule has 0 unspecified atom stereocenters. The summed E-state index contributed by atoms with van der Waals surface area (Å²) in [5.74, 6) is -0.232. The third-order valence-corrected chi connectivity index (χ3v) is 4.96. The maximum atomic E-state index is 12.8. The molecule has 1 aliphatic rings. The first kappa shape index (κ1) is 18.2. The van der Waals surface area contributed by atoms with E-state index >= 15 is 0 Å². The number of imidazole rings is 1. The first-order valence-electron chi connectivity index (χ1n) is 7.93. The fraction of sp³-hybridized carbons (Fsp3) is 0.500. The summed E-state index contributed by atoms with van der Waals surface area (Å²) in [7, 11) is 2.08. The van der Waals surface area contributed by atoms with Gasteiger partial charge >= 0.3 is 6.18 Å². The van der Waals surface area contributed by atoms with Gasteiger partial charge in [-0.15, -0.1) is 0 Å². The highest BCUT2D eigenvalue weighted by molar-refractivity contribution is 9.10. The van der Waals surface area contributed by atoms with Crippen molar-refractivity contribution in [1.29, 1.82) is 0 Å². The third kappa shape index (κ3) is 4.14. The molecule has 25 heavy (non-hydrogen) atoms. The summed E-state index contributed by atoms with van der Waals surface area (Å²) in [6, 6.07) is 3.74. The van der Waals surface area contributed by atoms with Crippen molar-refractivity contribution in [3.63, 3.8) is 0 Å². The van der Waals surface area contributed by atoms with Crippen molar-refractivity contribution in [3.8, 4) is 0 Å². The van der Waals surface area contributed by atoms with E-state index in [0.29, 0.717) is 22.3 Å². The average molecular weight is 419 g/mol. The number of rotatable bonds is 4. The number of nitrogens with one attached hydrogen (secondary N) is 1. The quantitative estimate of drug-likeness (QED) is 0.769. The molecule has 1 N–H and O–H groups in total. The van der Waals surface area contributed by atoms with Gasteiger partial charge in [-0.3, -0.25) is 4.79 Å². The van der Waals surface area contributed by atoms with Crippen molar-refractivity contribution < 1.29 is 18.0 Å². The number of hydrogen-bond donors (Lipinski definition) is 1. The molecule has 3 rings (SSSR count). The molecule has 5 nitrogen and oxygen atoms in total. The predicted molar refractivity (Wildman–Crippen MR) is 93.0 cm³/mol. The van der Waals surface area contributed by atoms with Gasteiger partial charge in [-0.25, -0.2) is 4.98 Å². The number of hydrogen-bond acceptors (Lipinski definition) is 4. The number of aldehydes is 1. The number of alkyl halides is 3. The summed E-state index contributed by atoms with van der Waals surface area (Å²) in [6.45, 7) is 0.741. The number of benzene rings is 1. The van der Waals surface area contributed by atoms with Gasteiger partial charge in [-0.05, 0) is 61.0 Å². The summed E-state index contributed by atoms with van der Waals surface area (Å²) in [6.07, 6.45) is -2.10. The maximum absolute atomic E-state index is 12.8. The fourth-order valence-electron chi connectivity index (χ4n) is 3.14. The van der Waals surface area contributed by atoms with Crippen LogP contribution in [0.25, 0.3) is 11.0 Å². The predicted octanol–water partition coefficient (Wildman–Crippen LogP) is 3.68. The molecule has 1 aromatic carbocycles. The van der Waals surface area contributed by atoms with Crippen LogP contribution in [-0.2, 0) is 6.54 Å². The van der Waals surface area contributed by atoms with Crippen molar-refractivity contribution in [2.75, 3.05) is 25.5 Å². The van der Waals surface area contributed by atoms with Crippen LogP contribution in [0.3, 0.4) is 0 Å². The average Bonchev–Trinajstić information content (AvgIpc) is 2.86. The number of anilines is 1. The van der Waals surface area contributed by atoms with Gasteiger partial charge < -0.3 is 14.8 Å². The van der Waals surface area contributed by atoms with E-state index < -0.39 is 12.7 Å². The molecule has 0 aliphatic carbocycles. The summed E-state index contributed by atoms with van der Waals surface area (Å²) in [4.78, 5) is 17.5. The molecule has 136 valence electrons. The zero-order valence-corrected chi connectivity index (χ0v) is 15.2. The zero-order chi connectivity index (χ0) is 18.2. The molecular weight excluding hydrogens is 401 g/mol. The van der Waals surface area contributed by atoms with E-state index in [9.17, 15) is 18.0 Å². The molecule has 0 spiro atoms. The number of piperidine rings is 1. The molecule has 9 heteroatoms. The van der Waals surface area contributed by atoms with Gasteiger partial charge in [0.05, 0.1) is 11.0 Å². The zero-order valence-electron chi connectivity index (χ0n) is 13.6. The summed E-state index contributed by atoms with van der Waals surface area (Å²) >= 11 is 3.33. The number of carbonyl (C=O) groups is 1. The molecule has 0 amide bonds. The van der Waals surface area contributed by atoms with Crippen LogP contribution in [0.4, 0.5) is 18.9 Å².